The lowest BCUT2D eigenvalue weighted by molar-refractivity contribution is 0.527. The molecule has 0 bridgehead atoms. The van der Waals surface area contributed by atoms with Crippen LogP contribution in [-0.4, -0.2) is 15.6 Å². The monoisotopic (exact) mass is 219 g/mol. The van der Waals surface area contributed by atoms with Crippen molar-refractivity contribution in [2.24, 2.45) is 0 Å². The minimum Gasteiger partial charge on any atom is -0.427 e. The molecule has 0 saturated heterocycles. The Morgan fingerprint density at radius 1 is 1.50 bits per heavy atom. The quantitative estimate of drug-likeness (QED) is 0.852. The third-order valence-corrected chi connectivity index (χ3v) is 2.05. The minimum absolute atomic E-state index is 0.145. The van der Waals surface area contributed by atoms with Gasteiger partial charge in [0.1, 0.15) is 5.69 Å². The predicted molar refractivity (Wildman–Crippen MR) is 60.9 cm³/mol. The topological polar surface area (TPSA) is 60.1 Å². The molecule has 0 atom stereocenters. The largest absolute Gasteiger partial charge is 0.427 e. The maximum Gasteiger partial charge on any atom is 0.280 e. The van der Waals surface area contributed by atoms with Crippen molar-refractivity contribution in [1.82, 2.24) is 9.55 Å². The van der Waals surface area contributed by atoms with E-state index in [2.05, 4.69) is 10.3 Å². The summed E-state index contributed by atoms with van der Waals surface area (Å²) in [4.78, 5) is 15.8. The Labute approximate surface area is 92.7 Å². The Balaban J connectivity index is 2.45. The zero-order valence-electron chi connectivity index (χ0n) is 9.18. The van der Waals surface area contributed by atoms with Gasteiger partial charge >= 0.3 is 0 Å². The molecule has 0 saturated carbocycles. The van der Waals surface area contributed by atoms with Gasteiger partial charge in [-0.2, -0.15) is 0 Å². The molecule has 0 radical (unpaired) electrons. The summed E-state index contributed by atoms with van der Waals surface area (Å²) in [7, 11) is 0. The number of oxazole rings is 1. The number of pyridine rings is 1. The van der Waals surface area contributed by atoms with E-state index in [0.717, 1.165) is 0 Å². The van der Waals surface area contributed by atoms with Crippen LogP contribution >= 0.6 is 0 Å². The van der Waals surface area contributed by atoms with Crippen molar-refractivity contribution in [3.8, 4) is 5.88 Å². The Bertz CT molecular complexity index is 514. The molecule has 0 fully saturated rings. The molecule has 16 heavy (non-hydrogen) atoms. The summed E-state index contributed by atoms with van der Waals surface area (Å²) in [5, 5.41) is 3.08. The van der Waals surface area contributed by atoms with Crippen LogP contribution in [0.1, 0.15) is 13.8 Å². The minimum atomic E-state index is -0.145. The first kappa shape index (κ1) is 10.5. The second-order valence-corrected chi connectivity index (χ2v) is 3.74. The van der Waals surface area contributed by atoms with Crippen LogP contribution in [0.3, 0.4) is 0 Å². The second kappa shape index (κ2) is 4.22. The number of anilines is 1. The lowest BCUT2D eigenvalue weighted by Gasteiger charge is -2.10. The fourth-order valence-corrected chi connectivity index (χ4v) is 1.42. The van der Waals surface area contributed by atoms with Crippen molar-refractivity contribution >= 4 is 5.69 Å². The molecule has 2 heterocycles. The average Bonchev–Trinajstić information content (AvgIpc) is 2.73. The molecular formula is C11H13N3O2. The fraction of sp³-hybridized carbons (Fsp3) is 0.273. The van der Waals surface area contributed by atoms with E-state index in [4.69, 9.17) is 4.42 Å². The number of hydrogen-bond acceptors (Lipinski definition) is 4. The van der Waals surface area contributed by atoms with Crippen LogP contribution in [0.4, 0.5) is 5.69 Å². The van der Waals surface area contributed by atoms with Crippen LogP contribution in [0.15, 0.2) is 40.1 Å². The summed E-state index contributed by atoms with van der Waals surface area (Å²) in [5.74, 6) is 0.414. The Morgan fingerprint density at radius 3 is 2.94 bits per heavy atom. The molecule has 0 amide bonds. The molecule has 0 aliphatic rings. The van der Waals surface area contributed by atoms with Gasteiger partial charge in [0.2, 0.25) is 5.88 Å². The van der Waals surface area contributed by atoms with Gasteiger partial charge in [-0.25, -0.2) is 4.98 Å². The van der Waals surface area contributed by atoms with Crippen LogP contribution in [-0.2, 0) is 0 Å². The molecule has 84 valence electrons. The summed E-state index contributed by atoms with van der Waals surface area (Å²) >= 11 is 0. The summed E-state index contributed by atoms with van der Waals surface area (Å²) in [5.41, 5.74) is 0.404. The zero-order valence-corrected chi connectivity index (χ0v) is 9.18. The highest BCUT2D eigenvalue weighted by Crippen LogP contribution is 2.06. The van der Waals surface area contributed by atoms with E-state index < -0.39 is 0 Å². The van der Waals surface area contributed by atoms with Crippen molar-refractivity contribution in [2.45, 2.75) is 19.9 Å². The maximum absolute atomic E-state index is 12.0. The molecule has 0 unspecified atom stereocenters. The van der Waals surface area contributed by atoms with E-state index >= 15 is 0 Å². The molecule has 1 N–H and O–H groups in total. The van der Waals surface area contributed by atoms with E-state index in [1.54, 1.807) is 18.3 Å². The van der Waals surface area contributed by atoms with Gasteiger partial charge in [-0.1, -0.05) is 0 Å². The first-order valence-corrected chi connectivity index (χ1v) is 5.05. The van der Waals surface area contributed by atoms with Gasteiger partial charge in [-0.15, -0.1) is 0 Å². The summed E-state index contributed by atoms with van der Waals surface area (Å²) in [6.07, 6.45) is 4.44. The Kier molecular flexibility index (Phi) is 2.76. The standard InChI is InChI=1S/C11H13N3O2/c1-8(2)13-9-4-3-5-14(11(9)15)10-6-12-7-16-10/h3-8,13H,1-2H3. The van der Waals surface area contributed by atoms with Gasteiger partial charge in [-0.3, -0.25) is 9.36 Å². The number of nitrogens with one attached hydrogen (secondary N) is 1. The number of aromatic nitrogens is 2. The smallest absolute Gasteiger partial charge is 0.280 e. The maximum atomic E-state index is 12.0. The van der Waals surface area contributed by atoms with Gasteiger partial charge < -0.3 is 9.73 Å². The molecule has 2 aromatic rings. The summed E-state index contributed by atoms with van der Waals surface area (Å²) in [6.45, 7) is 3.95. The first-order chi connectivity index (χ1) is 7.68. The average molecular weight is 219 g/mol. The molecule has 0 aromatic carbocycles. The van der Waals surface area contributed by atoms with Crippen molar-refractivity contribution in [3.63, 3.8) is 0 Å². The Hall–Kier alpha value is -2.04. The predicted octanol–water partition coefficient (Wildman–Crippen LogP) is 1.65. The third-order valence-electron chi connectivity index (χ3n) is 2.05. The highest BCUT2D eigenvalue weighted by molar-refractivity contribution is 5.42. The normalized spacial score (nSPS) is 10.7. The molecular weight excluding hydrogens is 206 g/mol. The zero-order chi connectivity index (χ0) is 11.5. The van der Waals surface area contributed by atoms with Crippen LogP contribution in [0.5, 0.6) is 0 Å². The number of hydrogen-bond donors (Lipinski definition) is 1. The van der Waals surface area contributed by atoms with Gasteiger partial charge in [0.05, 0.1) is 6.20 Å². The highest BCUT2D eigenvalue weighted by Gasteiger charge is 2.07. The van der Waals surface area contributed by atoms with E-state index in [0.29, 0.717) is 11.6 Å². The highest BCUT2D eigenvalue weighted by atomic mass is 16.4. The molecule has 5 nitrogen and oxygen atoms in total. The first-order valence-electron chi connectivity index (χ1n) is 5.05. The van der Waals surface area contributed by atoms with Crippen LogP contribution in [0, 0.1) is 0 Å². The number of rotatable bonds is 3. The van der Waals surface area contributed by atoms with Gasteiger partial charge in [0.25, 0.3) is 5.56 Å². The van der Waals surface area contributed by atoms with E-state index in [-0.39, 0.29) is 11.6 Å². The van der Waals surface area contributed by atoms with E-state index in [1.165, 1.54) is 17.2 Å². The van der Waals surface area contributed by atoms with E-state index in [1.807, 2.05) is 13.8 Å². The molecule has 0 aliphatic heterocycles. The van der Waals surface area contributed by atoms with Gasteiger partial charge in [0.15, 0.2) is 6.39 Å². The van der Waals surface area contributed by atoms with Crippen molar-refractivity contribution in [3.05, 3.63) is 41.3 Å². The Morgan fingerprint density at radius 2 is 2.31 bits per heavy atom. The van der Waals surface area contributed by atoms with E-state index in [9.17, 15) is 4.79 Å². The SMILES string of the molecule is CC(C)Nc1cccn(-c2cnco2)c1=O. The van der Waals surface area contributed by atoms with Crippen molar-refractivity contribution in [2.75, 3.05) is 5.32 Å². The lowest BCUT2D eigenvalue weighted by Crippen LogP contribution is -2.23. The third kappa shape index (κ3) is 1.98. The van der Waals surface area contributed by atoms with Crippen molar-refractivity contribution < 1.29 is 4.42 Å². The van der Waals surface area contributed by atoms with Crippen LogP contribution in [0.2, 0.25) is 0 Å². The second-order valence-electron chi connectivity index (χ2n) is 3.74. The molecule has 0 aliphatic carbocycles. The number of nitrogens with zero attached hydrogens (tertiary/aromatic N) is 2. The van der Waals surface area contributed by atoms with Crippen LogP contribution < -0.4 is 10.9 Å². The lowest BCUT2D eigenvalue weighted by atomic mass is 10.3. The van der Waals surface area contributed by atoms with Gasteiger partial charge in [-0.05, 0) is 26.0 Å². The van der Waals surface area contributed by atoms with Crippen molar-refractivity contribution in [1.29, 1.82) is 0 Å². The molecule has 2 aromatic heterocycles. The summed E-state index contributed by atoms with van der Waals surface area (Å²) < 4.78 is 6.50. The molecule has 5 heteroatoms. The van der Waals surface area contributed by atoms with Gasteiger partial charge in [0, 0.05) is 12.2 Å². The molecule has 0 spiro atoms. The molecule has 2 rings (SSSR count). The summed E-state index contributed by atoms with van der Waals surface area (Å²) in [6, 6.07) is 3.74. The van der Waals surface area contributed by atoms with Crippen LogP contribution in [0.25, 0.3) is 5.88 Å². The fourth-order valence-electron chi connectivity index (χ4n) is 1.42.